The molecule has 0 bridgehead atoms. The summed E-state index contributed by atoms with van der Waals surface area (Å²) in [4.78, 5) is 21.0. The van der Waals surface area contributed by atoms with Crippen molar-refractivity contribution in [3.63, 3.8) is 0 Å². The molecule has 152 valence electrons. The molecular formula is C18H23Cl2N5OS2. The van der Waals surface area contributed by atoms with Crippen LogP contribution in [0.2, 0.25) is 0 Å². The molecule has 0 spiro atoms. The highest BCUT2D eigenvalue weighted by molar-refractivity contribution is 7.29. The van der Waals surface area contributed by atoms with Gasteiger partial charge in [0.15, 0.2) is 5.13 Å². The number of carbonyl (C=O) groups is 1. The lowest BCUT2D eigenvalue weighted by Gasteiger charge is -2.26. The number of benzene rings is 1. The molecule has 28 heavy (non-hydrogen) atoms. The van der Waals surface area contributed by atoms with E-state index in [2.05, 4.69) is 25.8 Å². The van der Waals surface area contributed by atoms with E-state index >= 15 is 0 Å². The fourth-order valence-corrected chi connectivity index (χ4v) is 4.95. The number of para-hydroxylation sites is 1. The van der Waals surface area contributed by atoms with Crippen LogP contribution in [-0.4, -0.2) is 55.1 Å². The SMILES string of the molecule is Cl.Cl.O=C(NCCN1CCNCC1)c1cc2sc(Nc3ccccc3)nc2s1. The average molecular weight is 460 g/mol. The van der Waals surface area contributed by atoms with Crippen LogP contribution in [0.5, 0.6) is 0 Å². The van der Waals surface area contributed by atoms with Crippen LogP contribution in [0, 0.1) is 0 Å². The van der Waals surface area contributed by atoms with Gasteiger partial charge in [-0.2, -0.15) is 0 Å². The highest BCUT2D eigenvalue weighted by atomic mass is 35.5. The molecule has 4 rings (SSSR count). The van der Waals surface area contributed by atoms with Gasteiger partial charge in [-0.3, -0.25) is 9.69 Å². The van der Waals surface area contributed by atoms with Crippen molar-refractivity contribution >= 4 is 73.7 Å². The fourth-order valence-electron chi connectivity index (χ4n) is 2.89. The van der Waals surface area contributed by atoms with Crippen LogP contribution in [0.1, 0.15) is 9.67 Å². The quantitative estimate of drug-likeness (QED) is 0.525. The summed E-state index contributed by atoms with van der Waals surface area (Å²) in [6.07, 6.45) is 0. The molecular weight excluding hydrogens is 437 g/mol. The van der Waals surface area contributed by atoms with Crippen LogP contribution in [-0.2, 0) is 0 Å². The van der Waals surface area contributed by atoms with Gasteiger partial charge < -0.3 is 16.0 Å². The molecule has 0 radical (unpaired) electrons. The Kier molecular flexibility index (Phi) is 8.94. The smallest absolute Gasteiger partial charge is 0.261 e. The maximum Gasteiger partial charge on any atom is 0.261 e. The van der Waals surface area contributed by atoms with Gasteiger partial charge >= 0.3 is 0 Å². The molecule has 0 unspecified atom stereocenters. The second-order valence-corrected chi connectivity index (χ2v) is 8.20. The van der Waals surface area contributed by atoms with E-state index < -0.39 is 0 Å². The summed E-state index contributed by atoms with van der Waals surface area (Å²) in [6.45, 7) is 5.73. The molecule has 2 aromatic heterocycles. The van der Waals surface area contributed by atoms with Crippen molar-refractivity contribution in [2.24, 2.45) is 0 Å². The van der Waals surface area contributed by atoms with E-state index in [1.165, 1.54) is 11.3 Å². The van der Waals surface area contributed by atoms with Crippen molar-refractivity contribution in [3.8, 4) is 0 Å². The summed E-state index contributed by atoms with van der Waals surface area (Å²) >= 11 is 3.02. The number of carbonyl (C=O) groups excluding carboxylic acids is 1. The van der Waals surface area contributed by atoms with Gasteiger partial charge in [0.05, 0.1) is 9.58 Å². The predicted octanol–water partition coefficient (Wildman–Crippen LogP) is 3.58. The summed E-state index contributed by atoms with van der Waals surface area (Å²) in [5.41, 5.74) is 1.01. The Labute approximate surface area is 184 Å². The molecule has 1 fully saturated rings. The van der Waals surface area contributed by atoms with E-state index in [-0.39, 0.29) is 30.7 Å². The number of anilines is 2. The Hall–Kier alpha value is -1.42. The van der Waals surface area contributed by atoms with Crippen LogP contribution >= 0.6 is 47.5 Å². The van der Waals surface area contributed by atoms with Gasteiger partial charge in [0.25, 0.3) is 5.91 Å². The second-order valence-electron chi connectivity index (χ2n) is 6.14. The second kappa shape index (κ2) is 10.9. The third-order valence-electron chi connectivity index (χ3n) is 4.26. The number of thiophene rings is 1. The monoisotopic (exact) mass is 459 g/mol. The zero-order valence-corrected chi connectivity index (χ0v) is 18.4. The number of amides is 1. The normalized spacial score (nSPS) is 14.1. The third-order valence-corrected chi connectivity index (χ3v) is 6.34. The molecule has 1 aliphatic heterocycles. The molecule has 10 heteroatoms. The lowest BCUT2D eigenvalue weighted by molar-refractivity contribution is 0.0951. The lowest BCUT2D eigenvalue weighted by Crippen LogP contribution is -2.46. The van der Waals surface area contributed by atoms with Crippen molar-refractivity contribution < 1.29 is 4.79 Å². The Balaban J connectivity index is 0.00000140. The fraction of sp³-hybridized carbons (Fsp3) is 0.333. The van der Waals surface area contributed by atoms with Crippen LogP contribution < -0.4 is 16.0 Å². The average Bonchev–Trinajstić information content (AvgIpc) is 3.22. The summed E-state index contributed by atoms with van der Waals surface area (Å²) in [6, 6.07) is 11.9. The molecule has 1 saturated heterocycles. The maximum absolute atomic E-state index is 12.4. The maximum atomic E-state index is 12.4. The van der Waals surface area contributed by atoms with Gasteiger partial charge in [-0.1, -0.05) is 29.5 Å². The van der Waals surface area contributed by atoms with Gasteiger partial charge in [0.1, 0.15) is 4.83 Å². The number of aromatic nitrogens is 1. The standard InChI is InChI=1S/C18H21N5OS2.2ClH/c24-16(20-8-11-23-9-6-19-7-10-23)14-12-15-17(25-14)22-18(26-15)21-13-4-2-1-3-5-13;;/h1-5,12,19H,6-11H2,(H,20,24)(H,21,22);2*1H. The van der Waals surface area contributed by atoms with E-state index in [1.807, 2.05) is 36.4 Å². The topological polar surface area (TPSA) is 69.3 Å². The minimum atomic E-state index is -0.00657. The van der Waals surface area contributed by atoms with Gasteiger partial charge in [0.2, 0.25) is 0 Å². The molecule has 3 aromatic rings. The van der Waals surface area contributed by atoms with Crippen LogP contribution in [0.4, 0.5) is 10.8 Å². The number of hydrogen-bond acceptors (Lipinski definition) is 7. The Bertz CT molecular complexity index is 849. The lowest BCUT2D eigenvalue weighted by atomic mass is 10.3. The Morgan fingerprint density at radius 2 is 1.89 bits per heavy atom. The number of fused-ring (bicyclic) bond motifs is 1. The summed E-state index contributed by atoms with van der Waals surface area (Å²) < 4.78 is 1.04. The van der Waals surface area contributed by atoms with Crippen LogP contribution in [0.25, 0.3) is 9.53 Å². The molecule has 1 amide bonds. The van der Waals surface area contributed by atoms with Gasteiger partial charge in [-0.25, -0.2) is 4.98 Å². The molecule has 3 N–H and O–H groups in total. The molecule has 0 saturated carbocycles. The first-order chi connectivity index (χ1) is 12.8. The van der Waals surface area contributed by atoms with E-state index in [4.69, 9.17) is 0 Å². The van der Waals surface area contributed by atoms with Gasteiger partial charge in [-0.05, 0) is 18.2 Å². The van der Waals surface area contributed by atoms with Gasteiger partial charge in [0, 0.05) is 45.0 Å². The molecule has 1 aliphatic rings. The largest absolute Gasteiger partial charge is 0.350 e. The number of piperazine rings is 1. The zero-order valence-electron chi connectivity index (χ0n) is 15.1. The minimum absolute atomic E-state index is 0. The highest BCUT2D eigenvalue weighted by Gasteiger charge is 2.15. The Morgan fingerprint density at radius 1 is 1.14 bits per heavy atom. The van der Waals surface area contributed by atoms with Gasteiger partial charge in [-0.15, -0.1) is 36.2 Å². The first-order valence-corrected chi connectivity index (χ1v) is 10.3. The van der Waals surface area contributed by atoms with Crippen molar-refractivity contribution in [1.82, 2.24) is 20.5 Å². The van der Waals surface area contributed by atoms with E-state index in [0.29, 0.717) is 6.54 Å². The van der Waals surface area contributed by atoms with Crippen molar-refractivity contribution in [2.45, 2.75) is 0 Å². The number of nitrogens with zero attached hydrogens (tertiary/aromatic N) is 2. The van der Waals surface area contributed by atoms with Crippen LogP contribution in [0.15, 0.2) is 36.4 Å². The summed E-state index contributed by atoms with van der Waals surface area (Å²) in [7, 11) is 0. The van der Waals surface area contributed by atoms with E-state index in [1.54, 1.807) is 11.3 Å². The van der Waals surface area contributed by atoms with Crippen molar-refractivity contribution in [1.29, 1.82) is 0 Å². The van der Waals surface area contributed by atoms with E-state index in [0.717, 1.165) is 58.0 Å². The first-order valence-electron chi connectivity index (χ1n) is 8.72. The highest BCUT2D eigenvalue weighted by Crippen LogP contribution is 2.34. The van der Waals surface area contributed by atoms with Crippen molar-refractivity contribution in [2.75, 3.05) is 44.6 Å². The molecule has 0 atom stereocenters. The van der Waals surface area contributed by atoms with E-state index in [9.17, 15) is 4.79 Å². The number of hydrogen-bond donors (Lipinski definition) is 3. The minimum Gasteiger partial charge on any atom is -0.350 e. The zero-order chi connectivity index (χ0) is 17.8. The molecule has 0 aliphatic carbocycles. The number of thiazole rings is 1. The van der Waals surface area contributed by atoms with Crippen LogP contribution in [0.3, 0.4) is 0 Å². The summed E-state index contributed by atoms with van der Waals surface area (Å²) in [5, 5.41) is 10.5. The first kappa shape index (κ1) is 22.9. The Morgan fingerprint density at radius 3 is 2.61 bits per heavy atom. The third kappa shape index (κ3) is 5.79. The molecule has 6 nitrogen and oxygen atoms in total. The summed E-state index contributed by atoms with van der Waals surface area (Å²) in [5.74, 6) is -0.00657. The molecule has 1 aromatic carbocycles. The molecule has 3 heterocycles. The van der Waals surface area contributed by atoms with Crippen molar-refractivity contribution in [3.05, 3.63) is 41.3 Å². The number of rotatable bonds is 6. The number of nitrogens with one attached hydrogen (secondary N) is 3. The number of halogens is 2. The predicted molar refractivity (Wildman–Crippen MR) is 123 cm³/mol.